The Kier molecular flexibility index (Phi) is 4.34. The van der Waals surface area contributed by atoms with Gasteiger partial charge in [-0.15, -0.1) is 0 Å². The van der Waals surface area contributed by atoms with Crippen molar-refractivity contribution in [2.24, 2.45) is 0 Å². The SMILES string of the molecule is CCC1(CC)Cc2c(C(F)(F)F)cc(C(F)(F)F)c3c2c2[n+](c4ccccc34)C(C)CN21. The van der Waals surface area contributed by atoms with E-state index in [1.807, 2.05) is 25.3 Å². The Morgan fingerprint density at radius 1 is 0.969 bits per heavy atom. The Morgan fingerprint density at radius 3 is 2.19 bits per heavy atom. The molecule has 2 aliphatic heterocycles. The van der Waals surface area contributed by atoms with Crippen molar-refractivity contribution in [3.63, 3.8) is 0 Å². The zero-order chi connectivity index (χ0) is 23.2. The fourth-order valence-corrected chi connectivity index (χ4v) is 5.91. The average Bonchev–Trinajstić information content (AvgIpc) is 3.08. The predicted molar refractivity (Wildman–Crippen MR) is 111 cm³/mol. The summed E-state index contributed by atoms with van der Waals surface area (Å²) < 4.78 is 87.0. The molecule has 0 spiro atoms. The van der Waals surface area contributed by atoms with E-state index in [-0.39, 0.29) is 28.8 Å². The summed E-state index contributed by atoms with van der Waals surface area (Å²) in [5.74, 6) is 0.493. The number of halogens is 6. The molecule has 1 aromatic heterocycles. The summed E-state index contributed by atoms with van der Waals surface area (Å²) in [5, 5.41) is 0.317. The van der Waals surface area contributed by atoms with Gasteiger partial charge in [0.2, 0.25) is 0 Å². The number of alkyl halides is 6. The summed E-state index contributed by atoms with van der Waals surface area (Å²) in [4.78, 5) is 2.08. The number of fused-ring (bicyclic) bond motifs is 3. The number of nitrogens with zero attached hydrogens (tertiary/aromatic N) is 2. The second kappa shape index (κ2) is 6.51. The number of anilines is 1. The van der Waals surface area contributed by atoms with Gasteiger partial charge in [0.25, 0.3) is 5.82 Å². The molecular formula is C24H23F6N2+. The Morgan fingerprint density at radius 2 is 1.59 bits per heavy atom. The average molecular weight is 453 g/mol. The van der Waals surface area contributed by atoms with E-state index in [4.69, 9.17) is 0 Å². The molecule has 0 bridgehead atoms. The molecule has 0 saturated heterocycles. The first-order valence-electron chi connectivity index (χ1n) is 10.8. The quantitative estimate of drug-likeness (QED) is 0.235. The van der Waals surface area contributed by atoms with Crippen LogP contribution in [0.5, 0.6) is 0 Å². The van der Waals surface area contributed by atoms with Gasteiger partial charge in [-0.2, -0.15) is 26.3 Å². The second-order valence-electron chi connectivity index (χ2n) is 8.97. The molecule has 8 heteroatoms. The number of hydrogen-bond donors (Lipinski definition) is 0. The van der Waals surface area contributed by atoms with Crippen LogP contribution in [0.2, 0.25) is 0 Å². The first kappa shape index (κ1) is 21.3. The zero-order valence-electron chi connectivity index (χ0n) is 18.0. The normalized spacial score (nSPS) is 19.9. The Balaban J connectivity index is 2.10. The predicted octanol–water partition coefficient (Wildman–Crippen LogP) is 6.81. The molecule has 3 heterocycles. The van der Waals surface area contributed by atoms with Gasteiger partial charge >= 0.3 is 12.4 Å². The van der Waals surface area contributed by atoms with E-state index in [0.717, 1.165) is 0 Å². The molecule has 2 aliphatic rings. The summed E-state index contributed by atoms with van der Waals surface area (Å²) in [6, 6.07) is 7.00. The van der Waals surface area contributed by atoms with E-state index >= 15 is 0 Å². The van der Waals surface area contributed by atoms with Gasteiger partial charge in [0, 0.05) is 17.2 Å². The van der Waals surface area contributed by atoms with Gasteiger partial charge in [-0.1, -0.05) is 32.0 Å². The summed E-state index contributed by atoms with van der Waals surface area (Å²) in [5.41, 5.74) is -2.36. The molecule has 0 saturated carbocycles. The minimum atomic E-state index is -4.92. The molecule has 0 radical (unpaired) electrons. The van der Waals surface area contributed by atoms with Crippen LogP contribution in [0.25, 0.3) is 21.7 Å². The second-order valence-corrected chi connectivity index (χ2v) is 8.97. The third-order valence-corrected chi connectivity index (χ3v) is 7.47. The molecule has 1 unspecified atom stereocenters. The van der Waals surface area contributed by atoms with Gasteiger partial charge < -0.3 is 0 Å². The number of pyridine rings is 1. The van der Waals surface area contributed by atoms with Crippen molar-refractivity contribution < 1.29 is 30.9 Å². The van der Waals surface area contributed by atoms with Crippen molar-refractivity contribution in [1.29, 1.82) is 0 Å². The van der Waals surface area contributed by atoms with E-state index in [9.17, 15) is 26.3 Å². The van der Waals surface area contributed by atoms with Gasteiger partial charge in [0.05, 0.1) is 16.5 Å². The topological polar surface area (TPSA) is 7.12 Å². The number of benzene rings is 2. The zero-order valence-corrected chi connectivity index (χ0v) is 18.0. The van der Waals surface area contributed by atoms with Crippen LogP contribution in [-0.4, -0.2) is 12.1 Å². The van der Waals surface area contributed by atoms with Crippen LogP contribution < -0.4 is 9.47 Å². The highest BCUT2D eigenvalue weighted by Crippen LogP contribution is 2.53. The Bertz CT molecular complexity index is 1250. The van der Waals surface area contributed by atoms with Crippen LogP contribution in [0.4, 0.5) is 32.2 Å². The summed E-state index contributed by atoms with van der Waals surface area (Å²) in [6.07, 6.45) is -8.53. The van der Waals surface area contributed by atoms with Crippen LogP contribution in [0, 0.1) is 0 Å². The largest absolute Gasteiger partial charge is 0.417 e. The van der Waals surface area contributed by atoms with Crippen molar-refractivity contribution in [2.75, 3.05) is 11.4 Å². The molecule has 0 fully saturated rings. The molecule has 0 N–H and O–H groups in total. The lowest BCUT2D eigenvalue weighted by Crippen LogP contribution is -2.52. The van der Waals surface area contributed by atoms with Crippen molar-refractivity contribution in [3.8, 4) is 0 Å². The molecule has 170 valence electrons. The fourth-order valence-electron chi connectivity index (χ4n) is 5.91. The number of para-hydroxylation sites is 1. The van der Waals surface area contributed by atoms with Gasteiger partial charge in [0.1, 0.15) is 23.6 Å². The van der Waals surface area contributed by atoms with Crippen LogP contribution >= 0.6 is 0 Å². The minimum Gasteiger partial charge on any atom is -0.251 e. The highest BCUT2D eigenvalue weighted by molar-refractivity contribution is 6.12. The highest BCUT2D eigenvalue weighted by atomic mass is 19.4. The fraction of sp³-hybridized carbons (Fsp3) is 0.458. The van der Waals surface area contributed by atoms with Gasteiger partial charge in [-0.25, -0.2) is 4.57 Å². The molecule has 2 aromatic carbocycles. The number of hydrogen-bond acceptors (Lipinski definition) is 1. The van der Waals surface area contributed by atoms with E-state index in [1.54, 1.807) is 24.3 Å². The third kappa shape index (κ3) is 2.64. The van der Waals surface area contributed by atoms with Crippen molar-refractivity contribution in [3.05, 3.63) is 47.0 Å². The lowest BCUT2D eigenvalue weighted by molar-refractivity contribution is -0.667. The van der Waals surface area contributed by atoms with Gasteiger partial charge in [0.15, 0.2) is 0 Å². The van der Waals surface area contributed by atoms with E-state index in [1.165, 1.54) is 0 Å². The van der Waals surface area contributed by atoms with Crippen LogP contribution in [0.3, 0.4) is 0 Å². The maximum atomic E-state index is 14.2. The molecule has 32 heavy (non-hydrogen) atoms. The van der Waals surface area contributed by atoms with Gasteiger partial charge in [-0.05, 0) is 37.5 Å². The van der Waals surface area contributed by atoms with Gasteiger partial charge in [-0.3, -0.25) is 4.90 Å². The molecular weight excluding hydrogens is 430 g/mol. The minimum absolute atomic E-state index is 0.0101. The first-order valence-corrected chi connectivity index (χ1v) is 10.8. The maximum absolute atomic E-state index is 14.2. The summed E-state index contributed by atoms with van der Waals surface area (Å²) >= 11 is 0. The Labute approximate surface area is 181 Å². The molecule has 1 atom stereocenters. The lowest BCUT2D eigenvalue weighted by Gasteiger charge is -2.41. The monoisotopic (exact) mass is 453 g/mol. The summed E-state index contributed by atoms with van der Waals surface area (Å²) in [6.45, 7) is 6.41. The molecule has 2 nitrogen and oxygen atoms in total. The Hall–Kier alpha value is -2.51. The number of rotatable bonds is 2. The molecule has 3 aromatic rings. The lowest BCUT2D eigenvalue weighted by atomic mass is 9.76. The smallest absolute Gasteiger partial charge is 0.251 e. The van der Waals surface area contributed by atoms with E-state index in [0.29, 0.717) is 42.2 Å². The van der Waals surface area contributed by atoms with Crippen molar-refractivity contribution in [2.45, 2.75) is 64.0 Å². The molecule has 0 aliphatic carbocycles. The van der Waals surface area contributed by atoms with Crippen molar-refractivity contribution in [1.82, 2.24) is 0 Å². The third-order valence-electron chi connectivity index (χ3n) is 7.47. The van der Waals surface area contributed by atoms with Crippen molar-refractivity contribution >= 4 is 27.5 Å². The van der Waals surface area contributed by atoms with E-state index < -0.39 is 29.0 Å². The van der Waals surface area contributed by atoms with Crippen LogP contribution in [-0.2, 0) is 18.8 Å². The summed E-state index contributed by atoms with van der Waals surface area (Å²) in [7, 11) is 0. The standard InChI is InChI=1S/C24H23F6N2/c1-4-22(5-2)11-15-16(23(25,26)27)10-17(24(28,29)30)19-14-8-6-7-9-18(14)32-13(3)12-31(22)21(32)20(15)19/h6-10,13H,4-5,11-12H2,1-3H3/q+1. The highest BCUT2D eigenvalue weighted by Gasteiger charge is 2.55. The van der Waals surface area contributed by atoms with Crippen LogP contribution in [0.1, 0.15) is 56.3 Å². The number of aromatic nitrogens is 1. The van der Waals surface area contributed by atoms with Crippen LogP contribution in [0.15, 0.2) is 30.3 Å². The van der Waals surface area contributed by atoms with E-state index in [2.05, 4.69) is 4.90 Å². The first-order chi connectivity index (χ1) is 14.9. The molecule has 5 rings (SSSR count). The molecule has 0 amide bonds. The maximum Gasteiger partial charge on any atom is 0.417 e.